The lowest BCUT2D eigenvalue weighted by Gasteiger charge is -2.24. The second-order valence-corrected chi connectivity index (χ2v) is 4.58. The molecule has 0 amide bonds. The fraction of sp³-hybridized carbons (Fsp3) is 0.538. The Bertz CT molecular complexity index is 354. The summed E-state index contributed by atoms with van der Waals surface area (Å²) < 4.78 is 5.16. The van der Waals surface area contributed by atoms with E-state index in [2.05, 4.69) is 20.8 Å². The van der Waals surface area contributed by atoms with Gasteiger partial charge in [0.2, 0.25) is 0 Å². The molecule has 0 radical (unpaired) electrons. The first-order valence-electron chi connectivity index (χ1n) is 5.30. The Morgan fingerprint density at radius 2 is 1.93 bits per heavy atom. The van der Waals surface area contributed by atoms with Crippen LogP contribution in [-0.2, 0) is 5.41 Å². The number of hydrogen-bond donors (Lipinski definition) is 1. The molecule has 0 aromatic heterocycles. The van der Waals surface area contributed by atoms with Crippen molar-refractivity contribution in [3.63, 3.8) is 0 Å². The van der Waals surface area contributed by atoms with Crippen molar-refractivity contribution in [2.45, 2.75) is 39.5 Å². The van der Waals surface area contributed by atoms with E-state index in [1.165, 1.54) is 5.56 Å². The fourth-order valence-electron chi connectivity index (χ4n) is 1.50. The molecule has 0 atom stereocenters. The molecule has 2 heteroatoms. The Kier molecular flexibility index (Phi) is 3.28. The zero-order chi connectivity index (χ0) is 11.6. The van der Waals surface area contributed by atoms with Crippen molar-refractivity contribution in [3.05, 3.63) is 23.3 Å². The number of hydrogen-bond acceptors (Lipinski definition) is 2. The van der Waals surface area contributed by atoms with E-state index < -0.39 is 0 Å². The molecule has 0 saturated carbocycles. The molecule has 0 fully saturated rings. The summed E-state index contributed by atoms with van der Waals surface area (Å²) in [4.78, 5) is 0. The Balaban J connectivity index is 3.28. The van der Waals surface area contributed by atoms with Crippen molar-refractivity contribution in [2.24, 2.45) is 0 Å². The minimum absolute atomic E-state index is 0.117. The van der Waals surface area contributed by atoms with E-state index in [-0.39, 0.29) is 11.2 Å². The molecule has 1 N–H and O–H groups in total. The molecular formula is C13H20O2. The number of ether oxygens (including phenoxy) is 1. The van der Waals surface area contributed by atoms with Gasteiger partial charge in [-0.1, -0.05) is 26.8 Å². The number of aromatic hydroxyl groups is 1. The molecule has 1 aromatic carbocycles. The van der Waals surface area contributed by atoms with Crippen LogP contribution >= 0.6 is 0 Å². The number of rotatable bonds is 3. The van der Waals surface area contributed by atoms with E-state index >= 15 is 0 Å². The quantitative estimate of drug-likeness (QED) is 0.825. The fourth-order valence-corrected chi connectivity index (χ4v) is 1.50. The van der Waals surface area contributed by atoms with Crippen molar-refractivity contribution >= 4 is 0 Å². The highest BCUT2D eigenvalue weighted by molar-refractivity contribution is 5.49. The van der Waals surface area contributed by atoms with Crippen LogP contribution in [0, 0.1) is 6.92 Å². The highest BCUT2D eigenvalue weighted by Gasteiger charge is 2.20. The van der Waals surface area contributed by atoms with Crippen LogP contribution in [0.5, 0.6) is 11.5 Å². The third-order valence-electron chi connectivity index (χ3n) is 3.15. The monoisotopic (exact) mass is 208 g/mol. The van der Waals surface area contributed by atoms with Gasteiger partial charge in [-0.05, 0) is 36.0 Å². The standard InChI is InChI=1S/C13H20O2/c1-6-13(3,4)10-7-9(2)12(14)11(8-10)15-5/h7-8,14H,6H2,1-5H3. The lowest BCUT2D eigenvalue weighted by Crippen LogP contribution is -2.15. The summed E-state index contributed by atoms with van der Waals surface area (Å²) in [5.74, 6) is 0.805. The lowest BCUT2D eigenvalue weighted by atomic mass is 9.81. The molecule has 2 nitrogen and oxygen atoms in total. The molecule has 0 spiro atoms. The smallest absolute Gasteiger partial charge is 0.161 e. The zero-order valence-electron chi connectivity index (χ0n) is 10.2. The lowest BCUT2D eigenvalue weighted by molar-refractivity contribution is 0.369. The first-order valence-corrected chi connectivity index (χ1v) is 5.30. The molecular weight excluding hydrogens is 188 g/mol. The molecule has 0 aliphatic rings. The average Bonchev–Trinajstić information content (AvgIpc) is 2.21. The van der Waals surface area contributed by atoms with E-state index in [0.29, 0.717) is 5.75 Å². The van der Waals surface area contributed by atoms with Gasteiger partial charge in [0, 0.05) is 0 Å². The van der Waals surface area contributed by atoms with E-state index in [1.54, 1.807) is 7.11 Å². The van der Waals surface area contributed by atoms with Gasteiger partial charge in [0.1, 0.15) is 0 Å². The van der Waals surface area contributed by atoms with Crippen LogP contribution in [0.1, 0.15) is 38.3 Å². The number of phenolic OH excluding ortho intramolecular Hbond substituents is 1. The van der Waals surface area contributed by atoms with E-state index in [0.717, 1.165) is 12.0 Å². The molecule has 0 unspecified atom stereocenters. The predicted octanol–water partition coefficient (Wildman–Crippen LogP) is 3.40. The van der Waals surface area contributed by atoms with E-state index in [4.69, 9.17) is 4.74 Å². The minimum Gasteiger partial charge on any atom is -0.504 e. The molecule has 0 saturated heterocycles. The second kappa shape index (κ2) is 4.13. The second-order valence-electron chi connectivity index (χ2n) is 4.58. The van der Waals surface area contributed by atoms with E-state index in [1.807, 2.05) is 19.1 Å². The molecule has 0 bridgehead atoms. The van der Waals surface area contributed by atoms with Gasteiger partial charge in [-0.15, -0.1) is 0 Å². The summed E-state index contributed by atoms with van der Waals surface area (Å²) in [7, 11) is 1.58. The van der Waals surface area contributed by atoms with Crippen molar-refractivity contribution in [1.82, 2.24) is 0 Å². The van der Waals surface area contributed by atoms with Crippen molar-refractivity contribution < 1.29 is 9.84 Å². The molecule has 0 aliphatic heterocycles. The molecule has 1 aromatic rings. The number of methoxy groups -OCH3 is 1. The van der Waals surface area contributed by atoms with Gasteiger partial charge >= 0.3 is 0 Å². The normalized spacial score (nSPS) is 11.5. The minimum atomic E-state index is 0.117. The third kappa shape index (κ3) is 2.25. The van der Waals surface area contributed by atoms with Crippen molar-refractivity contribution in [3.8, 4) is 11.5 Å². The molecule has 0 heterocycles. The summed E-state index contributed by atoms with van der Waals surface area (Å²) in [6, 6.07) is 3.95. The highest BCUT2D eigenvalue weighted by Crippen LogP contribution is 2.36. The maximum Gasteiger partial charge on any atom is 0.161 e. The number of aryl methyl sites for hydroxylation is 1. The Labute approximate surface area is 91.9 Å². The van der Waals surface area contributed by atoms with Crippen LogP contribution in [0.3, 0.4) is 0 Å². The molecule has 15 heavy (non-hydrogen) atoms. The first-order chi connectivity index (χ1) is 6.92. The van der Waals surface area contributed by atoms with Gasteiger partial charge in [0.25, 0.3) is 0 Å². The number of phenols is 1. The van der Waals surface area contributed by atoms with Gasteiger partial charge in [-0.3, -0.25) is 0 Å². The van der Waals surface area contributed by atoms with E-state index in [9.17, 15) is 5.11 Å². The van der Waals surface area contributed by atoms with Crippen molar-refractivity contribution in [2.75, 3.05) is 7.11 Å². The van der Waals surface area contributed by atoms with Crippen LogP contribution in [0.25, 0.3) is 0 Å². The Morgan fingerprint density at radius 1 is 1.33 bits per heavy atom. The van der Waals surface area contributed by atoms with Crippen LogP contribution in [0.15, 0.2) is 12.1 Å². The molecule has 1 rings (SSSR count). The van der Waals surface area contributed by atoms with Gasteiger partial charge in [0.15, 0.2) is 11.5 Å². The Hall–Kier alpha value is -1.18. The SMILES string of the molecule is CCC(C)(C)c1cc(C)c(O)c(OC)c1. The maximum absolute atomic E-state index is 9.74. The van der Waals surface area contributed by atoms with Gasteiger partial charge in [0.05, 0.1) is 7.11 Å². The van der Waals surface area contributed by atoms with Gasteiger partial charge in [-0.2, -0.15) is 0 Å². The first kappa shape index (κ1) is 11.9. The summed E-state index contributed by atoms with van der Waals surface area (Å²) in [6.45, 7) is 8.44. The zero-order valence-corrected chi connectivity index (χ0v) is 10.2. The maximum atomic E-state index is 9.74. The van der Waals surface area contributed by atoms with Crippen LogP contribution in [0.4, 0.5) is 0 Å². The summed E-state index contributed by atoms with van der Waals surface area (Å²) in [6.07, 6.45) is 1.06. The molecule has 0 aliphatic carbocycles. The topological polar surface area (TPSA) is 29.5 Å². The van der Waals surface area contributed by atoms with Crippen LogP contribution in [0.2, 0.25) is 0 Å². The summed E-state index contributed by atoms with van der Waals surface area (Å²) in [5.41, 5.74) is 2.19. The molecule has 84 valence electrons. The van der Waals surface area contributed by atoms with Gasteiger partial charge in [-0.25, -0.2) is 0 Å². The third-order valence-corrected chi connectivity index (χ3v) is 3.15. The van der Waals surface area contributed by atoms with Crippen molar-refractivity contribution in [1.29, 1.82) is 0 Å². The summed E-state index contributed by atoms with van der Waals surface area (Å²) >= 11 is 0. The predicted molar refractivity (Wildman–Crippen MR) is 62.7 cm³/mol. The highest BCUT2D eigenvalue weighted by atomic mass is 16.5. The largest absolute Gasteiger partial charge is 0.504 e. The van der Waals surface area contributed by atoms with Crippen LogP contribution in [-0.4, -0.2) is 12.2 Å². The van der Waals surface area contributed by atoms with Gasteiger partial charge < -0.3 is 9.84 Å². The Morgan fingerprint density at radius 3 is 2.40 bits per heavy atom. The van der Waals surface area contributed by atoms with Crippen LogP contribution < -0.4 is 4.74 Å². The average molecular weight is 208 g/mol. The summed E-state index contributed by atoms with van der Waals surface area (Å²) in [5, 5.41) is 9.74. The number of benzene rings is 1.